The minimum absolute atomic E-state index is 0.281. The lowest BCUT2D eigenvalue weighted by atomic mass is 10.0. The van der Waals surface area contributed by atoms with Crippen molar-refractivity contribution in [2.24, 2.45) is 0 Å². The summed E-state index contributed by atoms with van der Waals surface area (Å²) in [6, 6.07) is 9.97. The molecule has 1 aromatic carbocycles. The van der Waals surface area contributed by atoms with Crippen LogP contribution in [0.5, 0.6) is 0 Å². The molecule has 3 rings (SSSR count). The topological polar surface area (TPSA) is 60.2 Å². The summed E-state index contributed by atoms with van der Waals surface area (Å²) in [4.78, 5) is 4.43. The van der Waals surface area contributed by atoms with Gasteiger partial charge in [-0.25, -0.2) is 0 Å². The van der Waals surface area contributed by atoms with Crippen molar-refractivity contribution in [1.82, 2.24) is 10.1 Å². The Kier molecular flexibility index (Phi) is 3.74. The van der Waals surface area contributed by atoms with Gasteiger partial charge in [0.15, 0.2) is 5.82 Å². The third kappa shape index (κ3) is 3.12. The van der Waals surface area contributed by atoms with Crippen LogP contribution in [0.4, 0.5) is 5.69 Å². The number of anilines is 1. The van der Waals surface area contributed by atoms with Crippen molar-refractivity contribution >= 4 is 5.69 Å². The third-order valence-corrected chi connectivity index (χ3v) is 3.23. The molecule has 1 aliphatic rings. The van der Waals surface area contributed by atoms with E-state index in [1.807, 2.05) is 30.3 Å². The van der Waals surface area contributed by atoms with E-state index < -0.39 is 0 Å². The highest BCUT2D eigenvalue weighted by Gasteiger charge is 2.21. The first kappa shape index (κ1) is 12.2. The quantitative estimate of drug-likeness (QED) is 0.914. The van der Waals surface area contributed by atoms with Gasteiger partial charge in [0.2, 0.25) is 5.89 Å². The Morgan fingerprint density at radius 2 is 2.16 bits per heavy atom. The van der Waals surface area contributed by atoms with E-state index in [0.717, 1.165) is 31.0 Å². The smallest absolute Gasteiger partial charge is 0.245 e. The summed E-state index contributed by atoms with van der Waals surface area (Å²) in [7, 11) is 0. The third-order valence-electron chi connectivity index (χ3n) is 3.23. The van der Waals surface area contributed by atoms with Crippen LogP contribution < -0.4 is 5.32 Å². The molecule has 19 heavy (non-hydrogen) atoms. The number of nitrogens with one attached hydrogen (secondary N) is 1. The van der Waals surface area contributed by atoms with Gasteiger partial charge in [-0.05, 0) is 25.0 Å². The lowest BCUT2D eigenvalue weighted by Crippen LogP contribution is -2.16. The Hall–Kier alpha value is -1.88. The molecule has 1 unspecified atom stereocenters. The van der Waals surface area contributed by atoms with Crippen molar-refractivity contribution in [3.05, 3.63) is 42.0 Å². The van der Waals surface area contributed by atoms with Gasteiger partial charge in [0.05, 0.1) is 13.2 Å². The van der Waals surface area contributed by atoms with Gasteiger partial charge in [0.25, 0.3) is 0 Å². The molecule has 0 radical (unpaired) electrons. The number of ether oxygens (including phenoxy) is 1. The zero-order valence-corrected chi connectivity index (χ0v) is 10.7. The van der Waals surface area contributed by atoms with Crippen molar-refractivity contribution in [2.45, 2.75) is 25.3 Å². The van der Waals surface area contributed by atoms with E-state index in [9.17, 15) is 0 Å². The summed E-state index contributed by atoms with van der Waals surface area (Å²) < 4.78 is 10.7. The highest BCUT2D eigenvalue weighted by molar-refractivity contribution is 5.42. The van der Waals surface area contributed by atoms with Crippen LogP contribution in [0, 0.1) is 0 Å². The summed E-state index contributed by atoms with van der Waals surface area (Å²) in [6.45, 7) is 2.09. The molecule has 1 fully saturated rings. The Morgan fingerprint density at radius 1 is 1.26 bits per heavy atom. The van der Waals surface area contributed by atoms with Gasteiger partial charge in [-0.2, -0.15) is 4.98 Å². The second-order valence-electron chi connectivity index (χ2n) is 4.68. The number of hydrogen-bond acceptors (Lipinski definition) is 5. The van der Waals surface area contributed by atoms with E-state index in [1.54, 1.807) is 0 Å². The zero-order valence-electron chi connectivity index (χ0n) is 10.7. The van der Waals surface area contributed by atoms with E-state index in [1.165, 1.54) is 0 Å². The predicted molar refractivity (Wildman–Crippen MR) is 70.9 cm³/mol. The first-order valence-electron chi connectivity index (χ1n) is 6.61. The van der Waals surface area contributed by atoms with Crippen LogP contribution in [-0.4, -0.2) is 23.4 Å². The molecule has 1 saturated heterocycles. The molecule has 0 aliphatic carbocycles. The van der Waals surface area contributed by atoms with Crippen LogP contribution >= 0.6 is 0 Å². The van der Waals surface area contributed by atoms with Crippen molar-refractivity contribution in [3.63, 3.8) is 0 Å². The minimum atomic E-state index is 0.281. The average molecular weight is 259 g/mol. The largest absolute Gasteiger partial charge is 0.381 e. The summed E-state index contributed by atoms with van der Waals surface area (Å²) in [5.74, 6) is 1.66. The van der Waals surface area contributed by atoms with E-state index in [4.69, 9.17) is 9.26 Å². The van der Waals surface area contributed by atoms with Gasteiger partial charge in [0, 0.05) is 18.2 Å². The van der Waals surface area contributed by atoms with E-state index in [2.05, 4.69) is 15.5 Å². The van der Waals surface area contributed by atoms with Gasteiger partial charge in [-0.1, -0.05) is 23.4 Å². The molecule has 0 amide bonds. The molecule has 1 N–H and O–H groups in total. The van der Waals surface area contributed by atoms with Gasteiger partial charge in [-0.3, -0.25) is 0 Å². The molecule has 2 aromatic rings. The maximum atomic E-state index is 5.44. The Balaban J connectivity index is 1.58. The number of rotatable bonds is 4. The molecular formula is C14H17N3O2. The molecule has 0 spiro atoms. The summed E-state index contributed by atoms with van der Waals surface area (Å²) in [6.07, 6.45) is 2.14. The number of aromatic nitrogens is 2. The SMILES string of the molecule is c1ccc(NCc2nc(C3CCCOC3)no2)cc1. The van der Waals surface area contributed by atoms with E-state index in [0.29, 0.717) is 19.0 Å². The van der Waals surface area contributed by atoms with Crippen LogP contribution in [-0.2, 0) is 11.3 Å². The molecule has 1 aromatic heterocycles. The summed E-state index contributed by atoms with van der Waals surface area (Å²) in [5, 5.41) is 7.30. The van der Waals surface area contributed by atoms with Crippen molar-refractivity contribution in [3.8, 4) is 0 Å². The second-order valence-corrected chi connectivity index (χ2v) is 4.68. The number of hydrogen-bond donors (Lipinski definition) is 1. The van der Waals surface area contributed by atoms with Crippen LogP contribution in [0.15, 0.2) is 34.9 Å². The Morgan fingerprint density at radius 3 is 2.95 bits per heavy atom. The van der Waals surface area contributed by atoms with Crippen LogP contribution in [0.3, 0.4) is 0 Å². The lowest BCUT2D eigenvalue weighted by Gasteiger charge is -2.18. The summed E-state index contributed by atoms with van der Waals surface area (Å²) >= 11 is 0. The molecule has 5 nitrogen and oxygen atoms in total. The van der Waals surface area contributed by atoms with Gasteiger partial charge >= 0.3 is 0 Å². The van der Waals surface area contributed by atoms with Crippen LogP contribution in [0.2, 0.25) is 0 Å². The van der Waals surface area contributed by atoms with Crippen LogP contribution in [0.1, 0.15) is 30.5 Å². The van der Waals surface area contributed by atoms with Gasteiger partial charge in [-0.15, -0.1) is 0 Å². The first-order chi connectivity index (χ1) is 9.42. The fraction of sp³-hybridized carbons (Fsp3) is 0.429. The molecule has 1 atom stereocenters. The second kappa shape index (κ2) is 5.84. The Labute approximate surface area is 112 Å². The van der Waals surface area contributed by atoms with Crippen molar-refractivity contribution < 1.29 is 9.26 Å². The average Bonchev–Trinajstić information content (AvgIpc) is 2.96. The van der Waals surface area contributed by atoms with Crippen molar-refractivity contribution in [2.75, 3.05) is 18.5 Å². The minimum Gasteiger partial charge on any atom is -0.381 e. The number of nitrogens with zero attached hydrogens (tertiary/aromatic N) is 2. The first-order valence-corrected chi connectivity index (χ1v) is 6.61. The summed E-state index contributed by atoms with van der Waals surface area (Å²) in [5.41, 5.74) is 1.04. The van der Waals surface area contributed by atoms with Gasteiger partial charge in [0.1, 0.15) is 0 Å². The number of para-hydroxylation sites is 1. The number of benzene rings is 1. The highest BCUT2D eigenvalue weighted by atomic mass is 16.5. The molecule has 0 saturated carbocycles. The molecule has 0 bridgehead atoms. The lowest BCUT2D eigenvalue weighted by molar-refractivity contribution is 0.0773. The van der Waals surface area contributed by atoms with Crippen molar-refractivity contribution in [1.29, 1.82) is 0 Å². The normalized spacial score (nSPS) is 19.3. The van der Waals surface area contributed by atoms with E-state index >= 15 is 0 Å². The van der Waals surface area contributed by atoms with E-state index in [-0.39, 0.29) is 5.92 Å². The molecule has 5 heteroatoms. The monoisotopic (exact) mass is 259 g/mol. The van der Waals surface area contributed by atoms with Gasteiger partial charge < -0.3 is 14.6 Å². The zero-order chi connectivity index (χ0) is 12.9. The fourth-order valence-electron chi connectivity index (χ4n) is 2.18. The molecule has 1 aliphatic heterocycles. The molecular weight excluding hydrogens is 242 g/mol. The highest BCUT2D eigenvalue weighted by Crippen LogP contribution is 2.22. The Bertz CT molecular complexity index is 506. The fourth-order valence-corrected chi connectivity index (χ4v) is 2.18. The molecule has 2 heterocycles. The standard InChI is InChI=1S/C14H17N3O2/c1-2-6-12(7-3-1)15-9-13-16-14(17-19-13)11-5-4-8-18-10-11/h1-3,6-7,11,15H,4-5,8-10H2. The van der Waals surface area contributed by atoms with Crippen LogP contribution in [0.25, 0.3) is 0 Å². The maximum absolute atomic E-state index is 5.44. The molecule has 100 valence electrons. The maximum Gasteiger partial charge on any atom is 0.245 e. The predicted octanol–water partition coefficient (Wildman–Crippen LogP) is 2.58.